The van der Waals surface area contributed by atoms with Gasteiger partial charge in [-0.2, -0.15) is 0 Å². The molecule has 0 spiro atoms. The van der Waals surface area contributed by atoms with Crippen LogP contribution in [0, 0.1) is 0 Å². The van der Waals surface area contributed by atoms with Crippen LogP contribution in [0.1, 0.15) is 27.5 Å². The van der Waals surface area contributed by atoms with Crippen molar-refractivity contribution in [1.82, 2.24) is 4.90 Å². The van der Waals surface area contributed by atoms with Crippen LogP contribution in [0.15, 0.2) is 77.3 Å². The molecule has 29 heavy (non-hydrogen) atoms. The molecule has 1 N–H and O–H groups in total. The molecule has 0 aliphatic carbocycles. The smallest absolute Gasteiger partial charge is 0.255 e. The van der Waals surface area contributed by atoms with E-state index in [1.54, 1.807) is 36.3 Å². The second-order valence-corrected chi connectivity index (χ2v) is 7.67. The Bertz CT molecular complexity index is 1050. The van der Waals surface area contributed by atoms with Crippen LogP contribution in [0.25, 0.3) is 0 Å². The third-order valence-electron chi connectivity index (χ3n) is 4.92. The number of nitrogens with zero attached hydrogens (tertiary/aromatic N) is 1. The quantitative estimate of drug-likeness (QED) is 0.631. The van der Waals surface area contributed by atoms with Gasteiger partial charge in [-0.3, -0.25) is 9.59 Å². The van der Waals surface area contributed by atoms with Gasteiger partial charge in [-0.15, -0.1) is 0 Å². The number of methoxy groups -OCH3 is 1. The fourth-order valence-corrected chi connectivity index (χ4v) is 3.94. The van der Waals surface area contributed by atoms with Crippen molar-refractivity contribution in [3.63, 3.8) is 0 Å². The van der Waals surface area contributed by atoms with Crippen molar-refractivity contribution in [3.8, 4) is 5.75 Å². The molecule has 0 saturated heterocycles. The molecule has 0 fully saturated rings. The van der Waals surface area contributed by atoms with E-state index in [0.29, 0.717) is 17.0 Å². The van der Waals surface area contributed by atoms with Crippen LogP contribution in [-0.2, 0) is 4.79 Å². The molecule has 1 atom stereocenters. The zero-order valence-corrected chi connectivity index (χ0v) is 17.3. The Labute approximate surface area is 177 Å². The van der Waals surface area contributed by atoms with Crippen LogP contribution in [0.5, 0.6) is 5.75 Å². The topological polar surface area (TPSA) is 58.6 Å². The number of hydrogen-bond donors (Lipinski definition) is 1. The summed E-state index contributed by atoms with van der Waals surface area (Å²) >= 11 is 3.52. The SMILES string of the molecule is COc1ccc(C(=O)N2CC(=O)Nc3ccc(Br)cc3[C@H]2c2ccccc2)cc1. The average molecular weight is 451 g/mol. The maximum atomic E-state index is 13.5. The normalized spacial score (nSPS) is 15.9. The molecule has 3 aromatic carbocycles. The molecule has 0 bridgehead atoms. The van der Waals surface area contributed by atoms with E-state index in [1.165, 1.54) is 0 Å². The maximum Gasteiger partial charge on any atom is 0.255 e. The molecular weight excluding hydrogens is 432 g/mol. The summed E-state index contributed by atoms with van der Waals surface area (Å²) in [6, 6.07) is 21.9. The van der Waals surface area contributed by atoms with Crippen LogP contribution >= 0.6 is 15.9 Å². The van der Waals surface area contributed by atoms with Crippen molar-refractivity contribution in [2.24, 2.45) is 0 Å². The summed E-state index contributed by atoms with van der Waals surface area (Å²) < 4.78 is 6.07. The number of benzene rings is 3. The van der Waals surface area contributed by atoms with E-state index >= 15 is 0 Å². The molecule has 6 heteroatoms. The van der Waals surface area contributed by atoms with E-state index < -0.39 is 6.04 Å². The molecule has 0 radical (unpaired) electrons. The molecule has 5 nitrogen and oxygen atoms in total. The van der Waals surface area contributed by atoms with Gasteiger partial charge in [0.2, 0.25) is 5.91 Å². The van der Waals surface area contributed by atoms with Crippen LogP contribution < -0.4 is 10.1 Å². The maximum absolute atomic E-state index is 13.5. The van der Waals surface area contributed by atoms with Crippen molar-refractivity contribution in [2.75, 3.05) is 19.0 Å². The predicted molar refractivity (Wildman–Crippen MR) is 115 cm³/mol. The molecule has 1 heterocycles. The minimum Gasteiger partial charge on any atom is -0.497 e. The van der Waals surface area contributed by atoms with Gasteiger partial charge < -0.3 is 15.0 Å². The Hall–Kier alpha value is -3.12. The van der Waals surface area contributed by atoms with Gasteiger partial charge in [0.15, 0.2) is 0 Å². The monoisotopic (exact) mass is 450 g/mol. The van der Waals surface area contributed by atoms with Gasteiger partial charge in [0.05, 0.1) is 13.2 Å². The fraction of sp³-hybridized carbons (Fsp3) is 0.130. The van der Waals surface area contributed by atoms with E-state index in [4.69, 9.17) is 4.74 Å². The van der Waals surface area contributed by atoms with Gasteiger partial charge in [0, 0.05) is 21.3 Å². The van der Waals surface area contributed by atoms with Crippen molar-refractivity contribution >= 4 is 33.4 Å². The van der Waals surface area contributed by atoms with Crippen LogP contribution in [0.2, 0.25) is 0 Å². The number of carbonyl (C=O) groups is 2. The van der Waals surface area contributed by atoms with Gasteiger partial charge in [0.1, 0.15) is 12.3 Å². The van der Waals surface area contributed by atoms with Gasteiger partial charge in [-0.25, -0.2) is 0 Å². The highest BCUT2D eigenvalue weighted by atomic mass is 79.9. The van der Waals surface area contributed by atoms with Crippen LogP contribution in [0.4, 0.5) is 5.69 Å². The molecule has 0 unspecified atom stereocenters. The van der Waals surface area contributed by atoms with Crippen LogP contribution in [0.3, 0.4) is 0 Å². The van der Waals surface area contributed by atoms with E-state index in [9.17, 15) is 9.59 Å². The minimum absolute atomic E-state index is 0.0449. The predicted octanol–water partition coefficient (Wildman–Crippen LogP) is 4.64. The highest BCUT2D eigenvalue weighted by Gasteiger charge is 2.34. The summed E-state index contributed by atoms with van der Waals surface area (Å²) in [4.78, 5) is 27.7. The average Bonchev–Trinajstić information content (AvgIpc) is 2.89. The number of halogens is 1. The standard InChI is InChI=1S/C23H19BrN2O3/c1-29-18-10-7-16(8-11-18)23(28)26-14-21(27)25-20-12-9-17(24)13-19(20)22(26)15-5-3-2-4-6-15/h2-13,22H,14H2,1H3,(H,25,27)/t22-/m1/s1. The first-order valence-corrected chi connectivity index (χ1v) is 9.95. The molecule has 1 aliphatic rings. The molecule has 0 saturated carbocycles. The first-order valence-electron chi connectivity index (χ1n) is 9.16. The Balaban J connectivity index is 1.85. The Kier molecular flexibility index (Phi) is 5.36. The number of anilines is 1. The Morgan fingerprint density at radius 1 is 1.07 bits per heavy atom. The summed E-state index contributed by atoms with van der Waals surface area (Å²) in [5.74, 6) is 0.224. The Morgan fingerprint density at radius 2 is 1.79 bits per heavy atom. The molecular formula is C23H19BrN2O3. The van der Waals surface area contributed by atoms with E-state index in [1.807, 2.05) is 48.5 Å². The number of carbonyl (C=O) groups excluding carboxylic acids is 2. The number of rotatable bonds is 3. The highest BCUT2D eigenvalue weighted by molar-refractivity contribution is 9.10. The number of ether oxygens (including phenoxy) is 1. The second kappa shape index (κ2) is 8.09. The van der Waals surface area contributed by atoms with Gasteiger partial charge >= 0.3 is 0 Å². The number of nitrogens with one attached hydrogen (secondary N) is 1. The van der Waals surface area contributed by atoms with E-state index in [0.717, 1.165) is 15.6 Å². The number of fused-ring (bicyclic) bond motifs is 1. The molecule has 146 valence electrons. The fourth-order valence-electron chi connectivity index (χ4n) is 3.56. The summed E-state index contributed by atoms with van der Waals surface area (Å²) in [6.45, 7) is -0.0449. The molecule has 2 amide bonds. The lowest BCUT2D eigenvalue weighted by Gasteiger charge is -2.30. The lowest BCUT2D eigenvalue weighted by Crippen LogP contribution is -2.38. The third kappa shape index (κ3) is 3.89. The first kappa shape index (κ1) is 19.2. The van der Waals surface area contributed by atoms with Crippen LogP contribution in [-0.4, -0.2) is 30.4 Å². The summed E-state index contributed by atoms with van der Waals surface area (Å²) in [6.07, 6.45) is 0. The van der Waals surface area contributed by atoms with Gasteiger partial charge in [-0.05, 0) is 48.0 Å². The zero-order chi connectivity index (χ0) is 20.4. The van der Waals surface area contributed by atoms with E-state index in [-0.39, 0.29) is 18.4 Å². The lowest BCUT2D eigenvalue weighted by molar-refractivity contribution is -0.117. The highest BCUT2D eigenvalue weighted by Crippen LogP contribution is 2.38. The minimum atomic E-state index is -0.405. The van der Waals surface area contributed by atoms with Crippen molar-refractivity contribution in [2.45, 2.75) is 6.04 Å². The summed E-state index contributed by atoms with van der Waals surface area (Å²) in [5.41, 5.74) is 3.00. The largest absolute Gasteiger partial charge is 0.497 e. The first-order chi connectivity index (χ1) is 14.1. The summed E-state index contributed by atoms with van der Waals surface area (Å²) in [5, 5.41) is 2.93. The molecule has 4 rings (SSSR count). The molecule has 3 aromatic rings. The number of hydrogen-bond acceptors (Lipinski definition) is 3. The van der Waals surface area contributed by atoms with Gasteiger partial charge in [0.25, 0.3) is 5.91 Å². The van der Waals surface area contributed by atoms with Gasteiger partial charge in [-0.1, -0.05) is 46.3 Å². The zero-order valence-electron chi connectivity index (χ0n) is 15.8. The Morgan fingerprint density at radius 3 is 2.48 bits per heavy atom. The number of amides is 2. The second-order valence-electron chi connectivity index (χ2n) is 6.75. The third-order valence-corrected chi connectivity index (χ3v) is 5.41. The van der Waals surface area contributed by atoms with Crippen molar-refractivity contribution in [3.05, 3.63) is 94.0 Å². The van der Waals surface area contributed by atoms with Crippen molar-refractivity contribution < 1.29 is 14.3 Å². The lowest BCUT2D eigenvalue weighted by atomic mass is 9.95. The molecule has 0 aromatic heterocycles. The molecule has 1 aliphatic heterocycles. The van der Waals surface area contributed by atoms with Crippen molar-refractivity contribution in [1.29, 1.82) is 0 Å². The summed E-state index contributed by atoms with van der Waals surface area (Å²) in [7, 11) is 1.58. The van der Waals surface area contributed by atoms with E-state index in [2.05, 4.69) is 21.2 Å².